The van der Waals surface area contributed by atoms with E-state index in [-0.39, 0.29) is 92.4 Å². The molecule has 14 aliphatic heterocycles. The number of quaternary nitrogens is 1. The number of rotatable bonds is 19. The quantitative estimate of drug-likeness (QED) is 0.0172. The van der Waals surface area contributed by atoms with Gasteiger partial charge in [-0.25, -0.2) is 8.07 Å². The van der Waals surface area contributed by atoms with Gasteiger partial charge in [-0.3, -0.25) is 48.1 Å². The third-order valence-electron chi connectivity index (χ3n) is 30.1. The molecule has 8 aromatic rings. The second-order valence-corrected chi connectivity index (χ2v) is 55.0. The van der Waals surface area contributed by atoms with E-state index in [9.17, 15) is 28.4 Å². The van der Waals surface area contributed by atoms with E-state index in [0.717, 1.165) is 180 Å². The van der Waals surface area contributed by atoms with Crippen LogP contribution >= 0.6 is 42.2 Å². The predicted molar refractivity (Wildman–Crippen MR) is 572 cm³/mol. The minimum Gasteiger partial charge on any atom is -1.00 e. The Morgan fingerprint density at radius 3 is 1.26 bits per heavy atom. The van der Waals surface area contributed by atoms with E-state index in [4.69, 9.17) is 37.2 Å². The molecule has 22 rings (SSSR count). The molecule has 20 unspecified atom stereocenters. The Morgan fingerprint density at radius 1 is 0.540 bits per heavy atom. The maximum absolute atomic E-state index is 11.5. The number of hydrogen-bond acceptors (Lipinski definition) is 20. The van der Waals surface area contributed by atoms with Gasteiger partial charge in [0.25, 0.3) is 0 Å². The molecule has 21 nitrogen and oxygen atoms in total. The summed E-state index contributed by atoms with van der Waals surface area (Å²) in [6.45, 7) is 55.2. The maximum atomic E-state index is 11.5. The smallest absolute Gasteiger partial charge is 1.00 e. The number of fused-ring (bicyclic) bond motifs is 15. The summed E-state index contributed by atoms with van der Waals surface area (Å²) < 4.78 is 82.4. The maximum Gasteiger partial charge on any atom is 2.00 e. The molecule has 0 saturated carbocycles. The van der Waals surface area contributed by atoms with Crippen LogP contribution in [0.5, 0.6) is 23.0 Å². The van der Waals surface area contributed by atoms with E-state index >= 15 is 0 Å². The summed E-state index contributed by atoms with van der Waals surface area (Å²) in [5, 5.41) is 33.1. The molecule has 8 bridgehead atoms. The molecule has 17 heterocycles. The average Bonchev–Trinajstić information content (AvgIpc) is 1.54. The van der Waals surface area contributed by atoms with Crippen LogP contribution in [0.3, 0.4) is 0 Å². The van der Waals surface area contributed by atoms with Crippen molar-refractivity contribution >= 4 is 109 Å². The molecule has 0 radical (unpaired) electrons. The van der Waals surface area contributed by atoms with Crippen LogP contribution in [0, 0.1) is 59.2 Å². The van der Waals surface area contributed by atoms with Gasteiger partial charge in [-0.2, -0.15) is 31.4 Å². The molecule has 14 saturated heterocycles. The zero-order valence-corrected chi connectivity index (χ0v) is 92.5. The third kappa shape index (κ3) is 28.0. The number of aromatic nitrogens is 3. The van der Waals surface area contributed by atoms with E-state index in [0.29, 0.717) is 59.3 Å². The number of nitrogens with two attached hydrogens (primary N) is 1. The first-order valence-electron chi connectivity index (χ1n) is 48.5. The predicted octanol–water partition coefficient (Wildman–Crippen LogP) is 18.2. The van der Waals surface area contributed by atoms with Crippen LogP contribution in [0.2, 0.25) is 0 Å². The monoisotopic (exact) mass is 2020 g/mol. The summed E-state index contributed by atoms with van der Waals surface area (Å²) in [7, 11) is -1.03. The van der Waals surface area contributed by atoms with Crippen molar-refractivity contribution in [1.29, 1.82) is 0 Å². The molecule has 1 spiro atoms. The number of aliphatic hydroxyl groups excluding tert-OH is 2. The van der Waals surface area contributed by atoms with Gasteiger partial charge in [0.05, 0.1) is 68.2 Å². The number of benzene rings is 5. The summed E-state index contributed by atoms with van der Waals surface area (Å²) in [6.07, 6.45) is 31.6. The normalized spacial score (nSPS) is 30.0. The minimum absolute atomic E-state index is 0. The Balaban J connectivity index is 0.000000204. The number of ether oxygens (including phenoxy) is 5. The number of pyridine rings is 3. The van der Waals surface area contributed by atoms with Gasteiger partial charge in [-0.05, 0) is 284 Å². The minimum atomic E-state index is -2.31. The van der Waals surface area contributed by atoms with E-state index in [1.54, 1.807) is 47.1 Å². The van der Waals surface area contributed by atoms with Crippen molar-refractivity contribution in [2.75, 3.05) is 125 Å². The second-order valence-electron chi connectivity index (χ2n) is 42.8. The molecule has 28 heteroatoms. The molecule has 0 amide bonds. The van der Waals surface area contributed by atoms with Crippen molar-refractivity contribution in [2.45, 2.75) is 224 Å². The van der Waals surface area contributed by atoms with E-state index < -0.39 is 54.4 Å². The number of aliphatic hydroxyl groups is 2. The van der Waals surface area contributed by atoms with Crippen LogP contribution in [0.15, 0.2) is 178 Å². The van der Waals surface area contributed by atoms with Crippen molar-refractivity contribution in [1.82, 2.24) is 29.7 Å². The fourth-order valence-corrected chi connectivity index (χ4v) is 26.0. The Bertz CT molecular complexity index is 5070. The van der Waals surface area contributed by atoms with Gasteiger partial charge in [0.2, 0.25) is 0 Å². The number of halogens is 2. The standard InChI is InChI=1S/C25H36N2O3S.C22H27NO3S.2C20H24N2O2.C9H22OS.C5H15NOS.C4H8O.C4H9.2ClH.Mg/c1-7-17-16-27-13-11-18(17)14-23(27)24(30-31(6,28)25(2,3)4)20-10-12-26-22-9-8-19(29-5)15-21(20)22;1-4-15-14-23-11-10-17(15)12-21(23)22(26-27(23,3)24)19-7-5-6-16-8-9-18(25-2)13-20(16)19;2*1-3-13-12-22-9-7-14(13)10-19(22)20(23)16-6-8-21-18-5-4-15(24-2)11-17(16)18;1-8(2)7-11(6,10)9(3,4)5;1-5(2,3)8(4,6)7;1-2-4-5-3-1;1-4(2)3;;;/h7-10,12,15,17-18,23-24,28H,1,11,13-14,16H2,2-6H3;4-9,13,15,17,21-22H,1,10-12,14H2,2-3H3;2*3-6,8,11,13-14,19-20,23H,1,7,9-10,12H2,2H3;8,10H,7H2,1-6H3;7H,6H2,1-4H3;1-4H2;1-3H3;2*1H;/q;;;;;;;-1;;;+2/p-1/t17?,18?,23?,24-;15?,17?,21?,22?,23-;2*13?,14?,19?,20-;;;;;;;/m1011......./s1. The van der Waals surface area contributed by atoms with Crippen LogP contribution in [-0.2, 0) is 13.1 Å². The van der Waals surface area contributed by atoms with Crippen LogP contribution in [-0.4, -0.2) is 248 Å². The van der Waals surface area contributed by atoms with Crippen molar-refractivity contribution in [2.24, 2.45) is 58.4 Å². The van der Waals surface area contributed by atoms with Crippen LogP contribution < -0.4 is 48.9 Å². The molecule has 14 fully saturated rings. The van der Waals surface area contributed by atoms with Crippen LogP contribution in [0.4, 0.5) is 0 Å². The van der Waals surface area contributed by atoms with Gasteiger partial charge in [0.15, 0.2) is 6.10 Å². The fourth-order valence-electron chi connectivity index (χ4n) is 20.9. The first kappa shape index (κ1) is 117. The number of nitrogens with zero attached hydrogens (tertiary/aromatic N) is 7. The molecule has 8 N–H and O–H groups in total. The zero-order valence-electron chi connectivity index (χ0n) is 86.3. The molecular formula is C109H166Cl2MgN8O13S4. The summed E-state index contributed by atoms with van der Waals surface area (Å²) in [4.78, 5) is 20.8. The molecular weight excluding hydrogens is 1850 g/mol. The van der Waals surface area contributed by atoms with Gasteiger partial charge < -0.3 is 73.7 Å². The molecule has 24 atom stereocenters. The van der Waals surface area contributed by atoms with Gasteiger partial charge in [-0.15, -0.1) is 36.6 Å². The van der Waals surface area contributed by atoms with E-state index in [1.807, 2.05) is 139 Å². The molecule has 5 aromatic carbocycles. The molecule has 760 valence electrons. The second kappa shape index (κ2) is 50.2. The fraction of sp³-hybridized carbons (Fsp3) is 0.578. The summed E-state index contributed by atoms with van der Waals surface area (Å²) in [6, 6.07) is 37.1. The molecule has 3 aromatic heterocycles. The first-order chi connectivity index (χ1) is 63.2. The number of methoxy groups -OCH3 is 4. The van der Waals surface area contributed by atoms with Crippen molar-refractivity contribution in [3.8, 4) is 23.0 Å². The first-order valence-corrected chi connectivity index (χ1v) is 56.5. The topological polar surface area (TPSA) is 260 Å². The summed E-state index contributed by atoms with van der Waals surface area (Å²) >= 11 is 0. The Morgan fingerprint density at radius 2 is 0.920 bits per heavy atom. The van der Waals surface area contributed by atoms with Gasteiger partial charge in [0, 0.05) is 132 Å². The van der Waals surface area contributed by atoms with Gasteiger partial charge in [0.1, 0.15) is 48.2 Å². The summed E-state index contributed by atoms with van der Waals surface area (Å²) in [5.74, 6) is 10.9. The van der Waals surface area contributed by atoms with E-state index in [1.165, 1.54) is 54.4 Å². The SMILES string of the molecule is C1CCOC1.C=CC1CN2CCC1CC2[C@H](O)c1ccnc2ccc(OC)cc12.C=CC1CN2CCC1CC2[C@H](O)c1ccnc2ccc(OC)cc12.C=CC1CN2CCC1CC2[C@H](OS(C)(O)C(C)(C)C)c1ccnc2ccc(OC)cc12.C=CC1C[N@@+]23CCC1CC2C(c1cccc2ccc(OC)cc12)OS3(C)O.CC(C)(C)S(C)(N)O.CC(C)CS(C)(O)C(C)(C)C.C[C-](C)C.[Cl-].[Cl-].[Mg+2]. The van der Waals surface area contributed by atoms with Crippen LogP contribution in [0.25, 0.3) is 43.5 Å². The van der Waals surface area contributed by atoms with Crippen molar-refractivity contribution in [3.05, 3.63) is 207 Å². The van der Waals surface area contributed by atoms with Gasteiger partial charge >= 0.3 is 23.1 Å². The molecule has 0 aliphatic carbocycles. The summed E-state index contributed by atoms with van der Waals surface area (Å²) in [5.41, 5.74) is 6.87. The number of piperidine rings is 12. The third-order valence-corrected chi connectivity index (χ3v) is 41.9. The van der Waals surface area contributed by atoms with Crippen LogP contribution in [0.1, 0.15) is 208 Å². The Hall–Kier alpha value is -5.06. The van der Waals surface area contributed by atoms with Gasteiger partial charge in [-0.1, -0.05) is 104 Å². The van der Waals surface area contributed by atoms with E-state index in [2.05, 4.69) is 172 Å². The van der Waals surface area contributed by atoms with Crippen molar-refractivity contribution in [3.63, 3.8) is 0 Å². The molecule has 137 heavy (non-hydrogen) atoms. The van der Waals surface area contributed by atoms with Crippen molar-refractivity contribution < 1.29 is 89.2 Å². The zero-order chi connectivity index (χ0) is 98.0. The Labute approximate surface area is 857 Å². The number of hydrogen-bond donors (Lipinski definition) is 7. The average molecular weight is 2020 g/mol. The molecule has 14 aliphatic rings. The largest absolute Gasteiger partial charge is 2.00 e. The Kier molecular flexibility index (Phi) is 42.9.